The lowest BCUT2D eigenvalue weighted by atomic mass is 9.64. The molecule has 0 N–H and O–H groups in total. The molecular weight excluding hydrogens is 308 g/mol. The second-order valence-corrected chi connectivity index (χ2v) is 8.56. The van der Waals surface area contributed by atoms with Crippen molar-refractivity contribution in [2.75, 3.05) is 0 Å². The summed E-state index contributed by atoms with van der Waals surface area (Å²) in [5, 5.41) is 0. The predicted octanol–water partition coefficient (Wildman–Crippen LogP) is 6.43. The third kappa shape index (κ3) is 7.07. The zero-order valence-electron chi connectivity index (χ0n) is 16.5. The lowest BCUT2D eigenvalue weighted by Crippen LogP contribution is -2.32. The summed E-state index contributed by atoms with van der Waals surface area (Å²) in [5.41, 5.74) is 1.18. The third-order valence-corrected chi connectivity index (χ3v) is 6.42. The van der Waals surface area contributed by atoms with Gasteiger partial charge in [-0.25, -0.2) is 0 Å². The van der Waals surface area contributed by atoms with Gasteiger partial charge in [-0.2, -0.15) is 0 Å². The Kier molecular flexibility index (Phi) is 8.92. The van der Waals surface area contributed by atoms with Crippen molar-refractivity contribution in [2.45, 2.75) is 104 Å². The molecule has 2 aliphatic carbocycles. The van der Waals surface area contributed by atoms with Gasteiger partial charge in [0.2, 0.25) is 0 Å². The number of Topliss-reactive ketones (excluding diaryl/α,β-unsaturated/α-hetero) is 1. The maximum atomic E-state index is 12.4. The fraction of sp³-hybridized carbons (Fsp3) is 0.826. The largest absolute Gasteiger partial charge is 0.300 e. The quantitative estimate of drug-likeness (QED) is 0.427. The first-order valence-electron chi connectivity index (χ1n) is 10.8. The minimum absolute atomic E-state index is 0.200. The molecule has 142 valence electrons. The van der Waals surface area contributed by atoms with Gasteiger partial charge in [0.25, 0.3) is 0 Å². The zero-order chi connectivity index (χ0) is 18.1. The van der Waals surface area contributed by atoms with E-state index < -0.39 is 0 Å². The van der Waals surface area contributed by atoms with Crippen LogP contribution in [0.25, 0.3) is 0 Å². The summed E-state index contributed by atoms with van der Waals surface area (Å²) in [6.45, 7) is 4.21. The highest BCUT2D eigenvalue weighted by molar-refractivity contribution is 5.90. The summed E-state index contributed by atoms with van der Waals surface area (Å²) < 4.78 is 0. The predicted molar refractivity (Wildman–Crippen MR) is 105 cm³/mol. The van der Waals surface area contributed by atoms with Gasteiger partial charge in [0, 0.05) is 19.3 Å². The van der Waals surface area contributed by atoms with Crippen LogP contribution in [-0.2, 0) is 9.59 Å². The lowest BCUT2D eigenvalue weighted by Gasteiger charge is -2.41. The summed E-state index contributed by atoms with van der Waals surface area (Å²) in [5.74, 6) is 2.95. The molecule has 0 heterocycles. The Morgan fingerprint density at radius 1 is 0.920 bits per heavy atom. The first-order chi connectivity index (χ1) is 12.1. The van der Waals surface area contributed by atoms with Crippen molar-refractivity contribution in [3.05, 3.63) is 11.6 Å². The average molecular weight is 347 g/mol. The Hall–Kier alpha value is -0.920. The van der Waals surface area contributed by atoms with E-state index in [2.05, 4.69) is 6.92 Å². The van der Waals surface area contributed by atoms with E-state index >= 15 is 0 Å². The summed E-state index contributed by atoms with van der Waals surface area (Å²) in [4.78, 5) is 24.4. The van der Waals surface area contributed by atoms with Gasteiger partial charge in [0.05, 0.1) is 0 Å². The molecule has 0 aromatic heterocycles. The van der Waals surface area contributed by atoms with Crippen molar-refractivity contribution in [3.8, 4) is 0 Å². The van der Waals surface area contributed by atoms with Crippen LogP contribution in [0, 0.1) is 17.8 Å². The Morgan fingerprint density at radius 3 is 2.48 bits per heavy atom. The zero-order valence-corrected chi connectivity index (χ0v) is 16.5. The molecular formula is C23H38O2. The molecule has 2 nitrogen and oxygen atoms in total. The standard InChI is InChI=1S/C23H38O2/c1-3-4-9-18(2)16-21(24)13-8-14-22(25)17-20-12-7-11-19-10-5-6-15-23(19)20/h16,19-20,23H,3-15,17H2,1-2H3. The second kappa shape index (κ2) is 10.9. The molecule has 0 aliphatic heterocycles. The normalized spacial score (nSPS) is 27.0. The van der Waals surface area contributed by atoms with Crippen molar-refractivity contribution in [2.24, 2.45) is 17.8 Å². The Labute approximate surface area is 154 Å². The van der Waals surface area contributed by atoms with E-state index in [0.717, 1.165) is 43.9 Å². The van der Waals surface area contributed by atoms with E-state index in [9.17, 15) is 9.59 Å². The smallest absolute Gasteiger partial charge is 0.155 e. The first kappa shape index (κ1) is 20.4. The molecule has 0 aromatic carbocycles. The highest BCUT2D eigenvalue weighted by atomic mass is 16.1. The van der Waals surface area contributed by atoms with Crippen molar-refractivity contribution in [1.82, 2.24) is 0 Å². The minimum Gasteiger partial charge on any atom is -0.300 e. The fourth-order valence-electron chi connectivity index (χ4n) is 5.05. The van der Waals surface area contributed by atoms with Crippen molar-refractivity contribution < 1.29 is 9.59 Å². The monoisotopic (exact) mass is 346 g/mol. The number of unbranched alkanes of at least 4 members (excludes halogenated alkanes) is 1. The number of hydrogen-bond acceptors (Lipinski definition) is 2. The molecule has 25 heavy (non-hydrogen) atoms. The van der Waals surface area contributed by atoms with Crippen LogP contribution in [0.1, 0.15) is 104 Å². The van der Waals surface area contributed by atoms with E-state index in [-0.39, 0.29) is 5.78 Å². The Bertz CT molecular complexity index is 461. The molecule has 3 atom stereocenters. The number of hydrogen-bond donors (Lipinski definition) is 0. The first-order valence-corrected chi connectivity index (χ1v) is 10.8. The molecule has 2 rings (SSSR count). The summed E-state index contributed by atoms with van der Waals surface area (Å²) >= 11 is 0. The van der Waals surface area contributed by atoms with Crippen LogP contribution in [0.4, 0.5) is 0 Å². The molecule has 2 aliphatic rings. The molecule has 2 fully saturated rings. The van der Waals surface area contributed by atoms with Gasteiger partial charge >= 0.3 is 0 Å². The van der Waals surface area contributed by atoms with Crippen molar-refractivity contribution >= 4 is 11.6 Å². The van der Waals surface area contributed by atoms with E-state index in [4.69, 9.17) is 0 Å². The molecule has 0 radical (unpaired) electrons. The molecule has 0 aromatic rings. The number of carbonyl (C=O) groups excluding carboxylic acids is 2. The number of ketones is 2. The number of rotatable bonds is 10. The van der Waals surface area contributed by atoms with Crippen molar-refractivity contribution in [3.63, 3.8) is 0 Å². The number of carbonyl (C=O) groups is 2. The van der Waals surface area contributed by atoms with Gasteiger partial charge in [0.1, 0.15) is 5.78 Å². The molecule has 2 heteroatoms. The van der Waals surface area contributed by atoms with Gasteiger partial charge in [-0.15, -0.1) is 0 Å². The number of fused-ring (bicyclic) bond motifs is 1. The van der Waals surface area contributed by atoms with E-state index in [1.165, 1.54) is 50.5 Å². The van der Waals surface area contributed by atoms with Gasteiger partial charge in [-0.3, -0.25) is 9.59 Å². The maximum absolute atomic E-state index is 12.4. The van der Waals surface area contributed by atoms with Crippen LogP contribution in [-0.4, -0.2) is 11.6 Å². The summed E-state index contributed by atoms with van der Waals surface area (Å²) in [6.07, 6.45) is 17.3. The highest BCUT2D eigenvalue weighted by Crippen LogP contribution is 2.45. The Balaban J connectivity index is 1.67. The van der Waals surface area contributed by atoms with Crippen LogP contribution >= 0.6 is 0 Å². The van der Waals surface area contributed by atoms with Gasteiger partial charge in [0.15, 0.2) is 5.78 Å². The topological polar surface area (TPSA) is 34.1 Å². The molecule has 0 bridgehead atoms. The minimum atomic E-state index is 0.200. The van der Waals surface area contributed by atoms with Gasteiger partial charge in [-0.1, -0.05) is 51.0 Å². The SMILES string of the molecule is CCCCC(C)=CC(=O)CCCC(=O)CC1CCCC2CCCCC21. The van der Waals surface area contributed by atoms with Crippen LogP contribution in [0.3, 0.4) is 0 Å². The van der Waals surface area contributed by atoms with Gasteiger partial charge in [-0.05, 0) is 62.9 Å². The molecule has 0 saturated heterocycles. The van der Waals surface area contributed by atoms with E-state index in [0.29, 0.717) is 24.5 Å². The molecule has 0 amide bonds. The van der Waals surface area contributed by atoms with Crippen LogP contribution in [0.2, 0.25) is 0 Å². The molecule has 3 unspecified atom stereocenters. The van der Waals surface area contributed by atoms with Crippen molar-refractivity contribution in [1.29, 1.82) is 0 Å². The average Bonchev–Trinajstić information content (AvgIpc) is 2.60. The molecule has 2 saturated carbocycles. The van der Waals surface area contributed by atoms with Gasteiger partial charge < -0.3 is 0 Å². The number of allylic oxidation sites excluding steroid dienone is 2. The second-order valence-electron chi connectivity index (χ2n) is 8.56. The van der Waals surface area contributed by atoms with Crippen LogP contribution in [0.15, 0.2) is 11.6 Å². The van der Waals surface area contributed by atoms with E-state index in [1.807, 2.05) is 6.92 Å². The van der Waals surface area contributed by atoms with Crippen LogP contribution in [0.5, 0.6) is 0 Å². The van der Waals surface area contributed by atoms with E-state index in [1.54, 1.807) is 6.08 Å². The fourth-order valence-corrected chi connectivity index (χ4v) is 5.05. The summed E-state index contributed by atoms with van der Waals surface area (Å²) in [7, 11) is 0. The van der Waals surface area contributed by atoms with Crippen LogP contribution < -0.4 is 0 Å². The lowest BCUT2D eigenvalue weighted by molar-refractivity contribution is -0.121. The highest BCUT2D eigenvalue weighted by Gasteiger charge is 2.35. The summed E-state index contributed by atoms with van der Waals surface area (Å²) in [6, 6.07) is 0. The molecule has 0 spiro atoms. The third-order valence-electron chi connectivity index (χ3n) is 6.42. The maximum Gasteiger partial charge on any atom is 0.155 e. The Morgan fingerprint density at radius 2 is 1.68 bits per heavy atom.